The topological polar surface area (TPSA) is 38.3 Å². The number of ether oxygens (including phenoxy) is 1. The Morgan fingerprint density at radius 2 is 1.70 bits per heavy atom. The minimum Gasteiger partial charge on any atom is -0.466 e. The number of rotatable bonds is 10. The molecule has 0 heterocycles. The zero-order valence-electron chi connectivity index (χ0n) is 13.5. The van der Waals surface area contributed by atoms with Crippen molar-refractivity contribution in [3.63, 3.8) is 0 Å². The fraction of sp³-hybridized carbons (Fsp3) is 0.941. The molecule has 1 aliphatic rings. The molecule has 3 nitrogen and oxygen atoms in total. The van der Waals surface area contributed by atoms with Crippen molar-refractivity contribution in [1.82, 2.24) is 5.32 Å². The third-order valence-corrected chi connectivity index (χ3v) is 4.58. The van der Waals surface area contributed by atoms with Gasteiger partial charge in [0.15, 0.2) is 0 Å². The van der Waals surface area contributed by atoms with Crippen molar-refractivity contribution in [3.8, 4) is 0 Å². The molecule has 0 spiro atoms. The van der Waals surface area contributed by atoms with Crippen LogP contribution in [0.5, 0.6) is 0 Å². The number of unbranched alkanes of at least 4 members (excludes halogenated alkanes) is 5. The van der Waals surface area contributed by atoms with Crippen molar-refractivity contribution >= 4 is 5.97 Å². The third-order valence-electron chi connectivity index (χ3n) is 4.58. The first-order chi connectivity index (χ1) is 9.72. The van der Waals surface area contributed by atoms with Crippen LogP contribution in [0.1, 0.15) is 84.0 Å². The number of carbonyl (C=O) groups excluding carboxylic acids is 1. The Hall–Kier alpha value is -0.570. The molecule has 0 amide bonds. The maximum Gasteiger partial charge on any atom is 0.307 e. The van der Waals surface area contributed by atoms with Gasteiger partial charge in [-0.15, -0.1) is 0 Å². The summed E-state index contributed by atoms with van der Waals surface area (Å²) in [7, 11) is 1.98. The molecule has 20 heavy (non-hydrogen) atoms. The van der Waals surface area contributed by atoms with E-state index in [0.717, 1.165) is 19.3 Å². The van der Waals surface area contributed by atoms with Crippen molar-refractivity contribution in [2.75, 3.05) is 13.7 Å². The molecule has 0 unspecified atom stereocenters. The maximum atomic E-state index is 11.9. The number of carbonyl (C=O) groups is 1. The molecule has 0 atom stereocenters. The van der Waals surface area contributed by atoms with Gasteiger partial charge in [0.1, 0.15) is 0 Å². The SMILES string of the molecule is CCCCCCCCOC(=O)CC1(NC)CCCCC1. The first kappa shape index (κ1) is 17.5. The van der Waals surface area contributed by atoms with E-state index in [9.17, 15) is 4.79 Å². The smallest absolute Gasteiger partial charge is 0.307 e. The van der Waals surface area contributed by atoms with E-state index in [1.165, 1.54) is 51.4 Å². The molecule has 1 saturated carbocycles. The van der Waals surface area contributed by atoms with Gasteiger partial charge in [-0.1, -0.05) is 58.3 Å². The third kappa shape index (κ3) is 6.74. The Morgan fingerprint density at radius 3 is 2.35 bits per heavy atom. The van der Waals surface area contributed by atoms with Gasteiger partial charge in [0, 0.05) is 5.54 Å². The molecule has 0 aromatic rings. The van der Waals surface area contributed by atoms with Crippen LogP contribution in [0, 0.1) is 0 Å². The highest BCUT2D eigenvalue weighted by molar-refractivity contribution is 5.71. The van der Waals surface area contributed by atoms with Crippen LogP contribution in [-0.4, -0.2) is 25.2 Å². The van der Waals surface area contributed by atoms with Crippen molar-refractivity contribution in [3.05, 3.63) is 0 Å². The summed E-state index contributed by atoms with van der Waals surface area (Å²) in [5.41, 5.74) is 0.0104. The van der Waals surface area contributed by atoms with Crippen LogP contribution in [0.25, 0.3) is 0 Å². The normalized spacial score (nSPS) is 17.9. The first-order valence-corrected chi connectivity index (χ1v) is 8.57. The van der Waals surface area contributed by atoms with Gasteiger partial charge >= 0.3 is 5.97 Å². The van der Waals surface area contributed by atoms with Gasteiger partial charge in [0.05, 0.1) is 13.0 Å². The molecule has 3 heteroatoms. The quantitative estimate of drug-likeness (QED) is 0.482. The summed E-state index contributed by atoms with van der Waals surface area (Å²) in [6.07, 6.45) is 13.9. The van der Waals surface area contributed by atoms with Crippen LogP contribution in [0.2, 0.25) is 0 Å². The van der Waals surface area contributed by atoms with Crippen molar-refractivity contribution < 1.29 is 9.53 Å². The van der Waals surface area contributed by atoms with Gasteiger partial charge in [0.2, 0.25) is 0 Å². The molecule has 0 saturated heterocycles. The van der Waals surface area contributed by atoms with Crippen molar-refractivity contribution in [2.24, 2.45) is 0 Å². The molecule has 0 aliphatic heterocycles. The summed E-state index contributed by atoms with van der Waals surface area (Å²) in [5.74, 6) is -0.0187. The molecule has 0 radical (unpaired) electrons. The molecule has 118 valence electrons. The monoisotopic (exact) mass is 283 g/mol. The number of esters is 1. The Kier molecular flexibility index (Phi) is 8.92. The second-order valence-electron chi connectivity index (χ2n) is 6.26. The van der Waals surface area contributed by atoms with Crippen molar-refractivity contribution in [1.29, 1.82) is 0 Å². The predicted octanol–water partition coefficient (Wildman–Crippen LogP) is 4.20. The summed E-state index contributed by atoms with van der Waals surface area (Å²) in [5, 5.41) is 3.37. The first-order valence-electron chi connectivity index (χ1n) is 8.57. The largest absolute Gasteiger partial charge is 0.466 e. The predicted molar refractivity (Wildman–Crippen MR) is 83.8 cm³/mol. The average Bonchev–Trinajstić information content (AvgIpc) is 2.47. The lowest BCUT2D eigenvalue weighted by Crippen LogP contribution is -2.46. The van der Waals surface area contributed by atoms with Crippen molar-refractivity contribution in [2.45, 2.75) is 89.5 Å². The Morgan fingerprint density at radius 1 is 1.05 bits per heavy atom. The second kappa shape index (κ2) is 10.2. The van der Waals surface area contributed by atoms with E-state index in [1.54, 1.807) is 0 Å². The Balaban J connectivity index is 2.10. The number of nitrogens with one attached hydrogen (secondary N) is 1. The fourth-order valence-electron chi connectivity index (χ4n) is 3.14. The van der Waals surface area contributed by atoms with E-state index in [-0.39, 0.29) is 11.5 Å². The number of hydrogen-bond donors (Lipinski definition) is 1. The molecule has 0 bridgehead atoms. The Bertz CT molecular complexity index is 260. The van der Waals surface area contributed by atoms with E-state index in [4.69, 9.17) is 4.74 Å². The van der Waals surface area contributed by atoms with Gasteiger partial charge in [-0.3, -0.25) is 4.79 Å². The van der Waals surface area contributed by atoms with Crippen LogP contribution < -0.4 is 5.32 Å². The van der Waals surface area contributed by atoms with Crippen LogP contribution in [0.4, 0.5) is 0 Å². The van der Waals surface area contributed by atoms with E-state index in [0.29, 0.717) is 13.0 Å². The van der Waals surface area contributed by atoms with Crippen LogP contribution in [0.15, 0.2) is 0 Å². The van der Waals surface area contributed by atoms with Crippen LogP contribution in [-0.2, 0) is 9.53 Å². The van der Waals surface area contributed by atoms with E-state index < -0.39 is 0 Å². The lowest BCUT2D eigenvalue weighted by atomic mass is 9.79. The highest BCUT2D eigenvalue weighted by Crippen LogP contribution is 2.30. The summed E-state index contributed by atoms with van der Waals surface area (Å²) in [4.78, 5) is 11.9. The molecule has 0 aromatic heterocycles. The minimum absolute atomic E-state index is 0.0104. The molecular formula is C17H33NO2. The summed E-state index contributed by atoms with van der Waals surface area (Å²) < 4.78 is 5.40. The molecule has 1 N–H and O–H groups in total. The molecule has 0 aromatic carbocycles. The minimum atomic E-state index is -0.0187. The fourth-order valence-corrected chi connectivity index (χ4v) is 3.14. The van der Waals surface area contributed by atoms with E-state index in [1.807, 2.05) is 7.05 Å². The van der Waals surface area contributed by atoms with E-state index >= 15 is 0 Å². The standard InChI is InChI=1S/C17H33NO2/c1-3-4-5-6-7-11-14-20-16(19)15-17(18-2)12-9-8-10-13-17/h18H,3-15H2,1-2H3. The highest BCUT2D eigenvalue weighted by Gasteiger charge is 2.33. The van der Waals surface area contributed by atoms with Gasteiger partial charge in [0.25, 0.3) is 0 Å². The van der Waals surface area contributed by atoms with Crippen LogP contribution >= 0.6 is 0 Å². The van der Waals surface area contributed by atoms with Gasteiger partial charge < -0.3 is 10.1 Å². The van der Waals surface area contributed by atoms with Gasteiger partial charge in [-0.25, -0.2) is 0 Å². The molecular weight excluding hydrogens is 250 g/mol. The highest BCUT2D eigenvalue weighted by atomic mass is 16.5. The number of hydrogen-bond acceptors (Lipinski definition) is 3. The summed E-state index contributed by atoms with van der Waals surface area (Å²) in [6, 6.07) is 0. The Labute approximate surface area is 124 Å². The zero-order chi connectivity index (χ0) is 14.7. The maximum absolute atomic E-state index is 11.9. The zero-order valence-corrected chi connectivity index (χ0v) is 13.5. The summed E-state index contributed by atoms with van der Waals surface area (Å²) in [6.45, 7) is 2.83. The summed E-state index contributed by atoms with van der Waals surface area (Å²) >= 11 is 0. The lowest BCUT2D eigenvalue weighted by Gasteiger charge is -2.36. The van der Waals surface area contributed by atoms with E-state index in [2.05, 4.69) is 12.2 Å². The lowest BCUT2D eigenvalue weighted by molar-refractivity contribution is -0.145. The van der Waals surface area contributed by atoms with Gasteiger partial charge in [-0.2, -0.15) is 0 Å². The second-order valence-corrected chi connectivity index (χ2v) is 6.26. The molecule has 1 rings (SSSR count). The van der Waals surface area contributed by atoms with Crippen LogP contribution in [0.3, 0.4) is 0 Å². The van der Waals surface area contributed by atoms with Gasteiger partial charge in [-0.05, 0) is 26.3 Å². The average molecular weight is 283 g/mol. The molecule has 1 fully saturated rings. The molecule has 1 aliphatic carbocycles.